The van der Waals surface area contributed by atoms with Gasteiger partial charge in [0.2, 0.25) is 0 Å². The number of H-pyrrole nitrogens is 2. The van der Waals surface area contributed by atoms with Crippen LogP contribution in [0.2, 0.25) is 0 Å². The summed E-state index contributed by atoms with van der Waals surface area (Å²) >= 11 is 0. The Morgan fingerprint density at radius 2 is 0.659 bits per heavy atom. The zero-order chi connectivity index (χ0) is 28.6. The molecule has 220 valence electrons. The van der Waals surface area contributed by atoms with Gasteiger partial charge in [0, 0.05) is 42.5 Å². The Bertz CT molecular complexity index is 1560. The SMILES string of the molecule is CCC1=C(CC)c2cc3[nH]c(cc4[nH]c(cc5nc(cc1n2)C(CC)=C5CC)c(CC)c4CC)c(CC)c3CC.[Pd]. The molecule has 0 aliphatic carbocycles. The molecule has 8 bridgehead atoms. The van der Waals surface area contributed by atoms with Crippen molar-refractivity contribution in [1.82, 2.24) is 19.9 Å². The van der Waals surface area contributed by atoms with Crippen LogP contribution < -0.4 is 0 Å². The normalized spacial score (nSPS) is 13.3. The van der Waals surface area contributed by atoms with Crippen molar-refractivity contribution in [1.29, 1.82) is 0 Å². The number of aromatic nitrogens is 4. The van der Waals surface area contributed by atoms with Gasteiger partial charge in [0.25, 0.3) is 0 Å². The van der Waals surface area contributed by atoms with E-state index < -0.39 is 0 Å². The Morgan fingerprint density at radius 3 is 0.927 bits per heavy atom. The standard InChI is InChI=1S/C36H46N4.Pd/c1-9-21-22(10-2)30-18-32-25(13-5)26(14-6)34(39-32)20-36-28(16-8)27(15-7)35(40-36)19-33-24(12-4)23(11-3)31(38-33)17-29(21)37-30;/h17-20,37-38H,9-16H2,1-8H3;. The fourth-order valence-electron chi connectivity index (χ4n) is 7.10. The van der Waals surface area contributed by atoms with Gasteiger partial charge >= 0.3 is 0 Å². The molecular formula is C36H46N4Pd. The molecule has 2 aliphatic heterocycles. The van der Waals surface area contributed by atoms with Gasteiger partial charge in [-0.2, -0.15) is 0 Å². The van der Waals surface area contributed by atoms with E-state index >= 15 is 0 Å². The van der Waals surface area contributed by atoms with Crippen molar-refractivity contribution in [2.75, 3.05) is 0 Å². The fourth-order valence-corrected chi connectivity index (χ4v) is 7.10. The Labute approximate surface area is 259 Å². The summed E-state index contributed by atoms with van der Waals surface area (Å²) in [5, 5.41) is 0. The minimum Gasteiger partial charge on any atom is -0.355 e. The maximum atomic E-state index is 5.28. The van der Waals surface area contributed by atoms with Gasteiger partial charge in [0.05, 0.1) is 22.8 Å². The third-order valence-electron chi connectivity index (χ3n) is 8.97. The van der Waals surface area contributed by atoms with Crippen LogP contribution in [0.25, 0.3) is 44.4 Å². The smallest absolute Gasteiger partial charge is 0.0694 e. The first-order chi connectivity index (χ1) is 19.5. The number of aromatic amines is 2. The summed E-state index contributed by atoms with van der Waals surface area (Å²) in [6.45, 7) is 18.1. The molecule has 2 N–H and O–H groups in total. The van der Waals surface area contributed by atoms with Crippen LogP contribution in [0.15, 0.2) is 24.3 Å². The van der Waals surface area contributed by atoms with Crippen molar-refractivity contribution in [3.05, 3.63) is 69.3 Å². The molecule has 0 amide bonds. The first-order valence-electron chi connectivity index (χ1n) is 15.7. The first kappa shape index (κ1) is 31.2. The van der Waals surface area contributed by atoms with Gasteiger partial charge in [-0.1, -0.05) is 55.4 Å². The van der Waals surface area contributed by atoms with E-state index in [9.17, 15) is 0 Å². The summed E-state index contributed by atoms with van der Waals surface area (Å²) in [6, 6.07) is 9.24. The number of hydrogen-bond donors (Lipinski definition) is 2. The molecule has 4 nitrogen and oxygen atoms in total. The Balaban J connectivity index is 0.00000387. The van der Waals surface area contributed by atoms with E-state index in [1.54, 1.807) is 0 Å². The number of nitrogens with one attached hydrogen (secondary N) is 2. The molecular weight excluding hydrogens is 595 g/mol. The van der Waals surface area contributed by atoms with Crippen LogP contribution in [0.3, 0.4) is 0 Å². The predicted molar refractivity (Wildman–Crippen MR) is 173 cm³/mol. The van der Waals surface area contributed by atoms with Gasteiger partial charge in [-0.05, 0) is 120 Å². The molecule has 3 aromatic heterocycles. The summed E-state index contributed by atoms with van der Waals surface area (Å²) in [7, 11) is 0. The zero-order valence-corrected chi connectivity index (χ0v) is 27.7. The van der Waals surface area contributed by atoms with Crippen molar-refractivity contribution in [3.63, 3.8) is 0 Å². The summed E-state index contributed by atoms with van der Waals surface area (Å²) < 4.78 is 0. The van der Waals surface area contributed by atoms with Crippen molar-refractivity contribution >= 4 is 44.4 Å². The van der Waals surface area contributed by atoms with E-state index in [1.165, 1.54) is 66.6 Å². The first-order valence-corrected chi connectivity index (χ1v) is 15.7. The molecule has 0 radical (unpaired) electrons. The number of aryl methyl sites for hydroxylation is 4. The molecule has 5 rings (SSSR count). The van der Waals surface area contributed by atoms with E-state index in [-0.39, 0.29) is 20.4 Å². The second-order valence-electron chi connectivity index (χ2n) is 10.9. The van der Waals surface area contributed by atoms with Gasteiger partial charge in [-0.15, -0.1) is 0 Å². The average Bonchev–Trinajstić information content (AvgIpc) is 3.67. The third-order valence-corrected chi connectivity index (χ3v) is 8.97. The molecule has 0 atom stereocenters. The minimum atomic E-state index is 0. The predicted octanol–water partition coefficient (Wildman–Crippen LogP) is 10.0. The van der Waals surface area contributed by atoms with E-state index in [0.717, 1.165) is 74.1 Å². The topological polar surface area (TPSA) is 57.4 Å². The molecule has 3 aromatic rings. The van der Waals surface area contributed by atoms with E-state index in [0.29, 0.717) is 0 Å². The minimum absolute atomic E-state index is 0. The number of rotatable bonds is 8. The van der Waals surface area contributed by atoms with Crippen LogP contribution in [-0.2, 0) is 46.1 Å². The van der Waals surface area contributed by atoms with Gasteiger partial charge in [0.1, 0.15) is 0 Å². The van der Waals surface area contributed by atoms with Gasteiger partial charge in [-0.3, -0.25) is 0 Å². The molecule has 0 unspecified atom stereocenters. The molecule has 0 spiro atoms. The van der Waals surface area contributed by atoms with E-state index in [4.69, 9.17) is 9.97 Å². The van der Waals surface area contributed by atoms with Crippen LogP contribution in [-0.4, -0.2) is 19.9 Å². The molecule has 0 fully saturated rings. The maximum absolute atomic E-state index is 5.28. The van der Waals surface area contributed by atoms with Gasteiger partial charge < -0.3 is 9.97 Å². The van der Waals surface area contributed by atoms with Crippen LogP contribution in [0.5, 0.6) is 0 Å². The Morgan fingerprint density at radius 1 is 0.390 bits per heavy atom. The number of fused-ring (bicyclic) bond motifs is 8. The fraction of sp³-hybridized carbons (Fsp3) is 0.444. The molecule has 2 aliphatic rings. The zero-order valence-electron chi connectivity index (χ0n) is 26.2. The number of nitrogens with zero attached hydrogens (tertiary/aromatic N) is 2. The maximum Gasteiger partial charge on any atom is 0.0694 e. The molecule has 5 heteroatoms. The van der Waals surface area contributed by atoms with Gasteiger partial charge in [-0.25, -0.2) is 9.97 Å². The monoisotopic (exact) mass is 640 g/mol. The van der Waals surface area contributed by atoms with Crippen LogP contribution >= 0.6 is 0 Å². The number of allylic oxidation sites excluding steroid dienone is 4. The van der Waals surface area contributed by atoms with Crippen molar-refractivity contribution < 1.29 is 20.4 Å². The second kappa shape index (κ2) is 13.1. The summed E-state index contributed by atoms with van der Waals surface area (Å²) in [5.41, 5.74) is 20.2. The van der Waals surface area contributed by atoms with Crippen molar-refractivity contribution in [2.24, 2.45) is 0 Å². The van der Waals surface area contributed by atoms with Crippen LogP contribution in [0.4, 0.5) is 0 Å². The molecule has 0 aromatic carbocycles. The van der Waals surface area contributed by atoms with Crippen LogP contribution in [0.1, 0.15) is 126 Å². The van der Waals surface area contributed by atoms with Crippen molar-refractivity contribution in [2.45, 2.75) is 107 Å². The van der Waals surface area contributed by atoms with Crippen LogP contribution in [0, 0.1) is 0 Å². The van der Waals surface area contributed by atoms with Crippen molar-refractivity contribution in [3.8, 4) is 0 Å². The summed E-state index contributed by atoms with van der Waals surface area (Å²) in [5.74, 6) is 0. The number of hydrogen-bond acceptors (Lipinski definition) is 2. The summed E-state index contributed by atoms with van der Waals surface area (Å²) in [4.78, 5) is 18.2. The molecule has 0 saturated carbocycles. The second-order valence-corrected chi connectivity index (χ2v) is 10.9. The molecule has 0 saturated heterocycles. The Kier molecular flexibility index (Phi) is 9.94. The average molecular weight is 641 g/mol. The molecule has 41 heavy (non-hydrogen) atoms. The van der Waals surface area contributed by atoms with E-state index in [2.05, 4.69) is 89.6 Å². The third kappa shape index (κ3) is 5.33. The summed E-state index contributed by atoms with van der Waals surface area (Å²) in [6.07, 6.45) is 7.84. The quantitative estimate of drug-likeness (QED) is 0.241. The van der Waals surface area contributed by atoms with Gasteiger partial charge in [0.15, 0.2) is 0 Å². The van der Waals surface area contributed by atoms with E-state index in [1.807, 2.05) is 0 Å². The Hall–Kier alpha value is -2.74. The largest absolute Gasteiger partial charge is 0.355 e. The molecule has 5 heterocycles.